The molecule has 0 radical (unpaired) electrons. The van der Waals surface area contributed by atoms with Crippen LogP contribution in [0.1, 0.15) is 18.1 Å². The number of para-hydroxylation sites is 1. The van der Waals surface area contributed by atoms with Gasteiger partial charge in [-0.15, -0.1) is 0 Å². The van der Waals surface area contributed by atoms with Crippen LogP contribution in [0.2, 0.25) is 0 Å². The monoisotopic (exact) mass is 597 g/mol. The fourth-order valence-electron chi connectivity index (χ4n) is 3.42. The number of carbonyl (C=O) groups excluding carboxylic acids is 1. The second kappa shape index (κ2) is 12.1. The maximum Gasteiger partial charge on any atom is 0.339 e. The van der Waals surface area contributed by atoms with Crippen molar-refractivity contribution in [1.29, 1.82) is 0 Å². The van der Waals surface area contributed by atoms with Crippen molar-refractivity contribution >= 4 is 49.1 Å². The van der Waals surface area contributed by atoms with E-state index in [1.165, 1.54) is 18.3 Å². The van der Waals surface area contributed by atoms with Crippen LogP contribution in [0, 0.1) is 6.92 Å². The highest BCUT2D eigenvalue weighted by Crippen LogP contribution is 2.38. The van der Waals surface area contributed by atoms with Gasteiger partial charge in [-0.05, 0) is 71.7 Å². The molecule has 4 aromatic rings. The number of aryl methyl sites for hydroxylation is 1. The Bertz CT molecular complexity index is 1590. The van der Waals surface area contributed by atoms with Gasteiger partial charge < -0.3 is 13.7 Å². The van der Waals surface area contributed by atoms with Gasteiger partial charge in [0.2, 0.25) is 0 Å². The van der Waals surface area contributed by atoms with Crippen molar-refractivity contribution in [3.05, 3.63) is 88.5 Å². The topological polar surface area (TPSA) is 116 Å². The number of hydrogen-bond donors (Lipinski definition) is 1. The van der Waals surface area contributed by atoms with Crippen molar-refractivity contribution in [2.75, 3.05) is 13.2 Å². The first-order valence-corrected chi connectivity index (χ1v) is 13.7. The molecular formula is C27H24BrN3O6S. The van der Waals surface area contributed by atoms with Crippen LogP contribution in [0.25, 0.3) is 10.9 Å². The molecule has 0 fully saturated rings. The lowest BCUT2D eigenvalue weighted by atomic mass is 10.2. The van der Waals surface area contributed by atoms with Crippen LogP contribution in [0.5, 0.6) is 17.2 Å². The Balaban J connectivity index is 1.43. The summed E-state index contributed by atoms with van der Waals surface area (Å²) in [6.07, 6.45) is 3.05. The van der Waals surface area contributed by atoms with Crippen LogP contribution < -0.4 is 19.1 Å². The van der Waals surface area contributed by atoms with E-state index in [9.17, 15) is 13.2 Å². The first-order chi connectivity index (χ1) is 18.3. The summed E-state index contributed by atoms with van der Waals surface area (Å²) in [6, 6.07) is 18.7. The fourth-order valence-corrected chi connectivity index (χ4v) is 5.02. The average Bonchev–Trinajstić information content (AvgIpc) is 2.90. The lowest BCUT2D eigenvalue weighted by Crippen LogP contribution is -2.24. The second-order valence-corrected chi connectivity index (χ2v) is 10.4. The number of rotatable bonds is 10. The molecule has 38 heavy (non-hydrogen) atoms. The maximum absolute atomic E-state index is 12.8. The number of nitrogens with zero attached hydrogens (tertiary/aromatic N) is 2. The van der Waals surface area contributed by atoms with Gasteiger partial charge in [0.15, 0.2) is 18.1 Å². The van der Waals surface area contributed by atoms with Crippen LogP contribution in [0.4, 0.5) is 0 Å². The normalized spacial score (nSPS) is 11.4. The summed E-state index contributed by atoms with van der Waals surface area (Å²) in [5.41, 5.74) is 4.51. The van der Waals surface area contributed by atoms with Gasteiger partial charge in [-0.1, -0.05) is 35.9 Å². The van der Waals surface area contributed by atoms with Crippen molar-refractivity contribution in [2.24, 2.45) is 5.10 Å². The average molecular weight is 598 g/mol. The molecule has 1 heterocycles. The molecule has 0 aliphatic rings. The fraction of sp³-hybridized carbons (Fsp3) is 0.148. The molecule has 0 aliphatic heterocycles. The molecule has 0 unspecified atom stereocenters. The molecule has 9 nitrogen and oxygen atoms in total. The summed E-state index contributed by atoms with van der Waals surface area (Å²) in [5.74, 6) is 0.217. The van der Waals surface area contributed by atoms with Crippen LogP contribution in [0.3, 0.4) is 0 Å². The predicted octanol–water partition coefficient (Wildman–Crippen LogP) is 5.00. The largest absolute Gasteiger partial charge is 0.490 e. The summed E-state index contributed by atoms with van der Waals surface area (Å²) in [4.78, 5) is 16.6. The zero-order valence-electron chi connectivity index (χ0n) is 20.5. The summed E-state index contributed by atoms with van der Waals surface area (Å²) in [6.45, 7) is 3.63. The smallest absolute Gasteiger partial charge is 0.339 e. The van der Waals surface area contributed by atoms with E-state index in [0.29, 0.717) is 21.3 Å². The molecule has 196 valence electrons. The van der Waals surface area contributed by atoms with Crippen molar-refractivity contribution in [3.8, 4) is 17.2 Å². The third-order valence-electron chi connectivity index (χ3n) is 5.19. The Morgan fingerprint density at radius 3 is 2.58 bits per heavy atom. The van der Waals surface area contributed by atoms with E-state index in [2.05, 4.69) is 31.4 Å². The van der Waals surface area contributed by atoms with Gasteiger partial charge in [0.1, 0.15) is 16.2 Å². The maximum atomic E-state index is 12.8. The first-order valence-electron chi connectivity index (χ1n) is 11.5. The van der Waals surface area contributed by atoms with E-state index in [1.54, 1.807) is 43.5 Å². The van der Waals surface area contributed by atoms with E-state index in [4.69, 9.17) is 13.7 Å². The number of nitrogens with one attached hydrogen (secondary N) is 1. The molecule has 0 aliphatic carbocycles. The first kappa shape index (κ1) is 27.1. The molecule has 0 bridgehead atoms. The highest BCUT2D eigenvalue weighted by atomic mass is 79.9. The van der Waals surface area contributed by atoms with Crippen molar-refractivity contribution in [1.82, 2.24) is 10.4 Å². The van der Waals surface area contributed by atoms with Gasteiger partial charge in [0.05, 0.1) is 17.3 Å². The molecule has 1 aromatic heterocycles. The molecule has 0 saturated heterocycles. The standard InChI is InChI=1S/C27H24BrN3O6S/c1-3-35-24-15-19(14-22(28)27(24)37-38(33,34)21-11-9-18(2)10-12-21)16-30-31-25(32)17-36-23-8-4-6-20-7-5-13-29-26(20)23/h4-16H,3,17H2,1-2H3,(H,31,32)/b30-16-. The molecule has 1 amide bonds. The highest BCUT2D eigenvalue weighted by molar-refractivity contribution is 9.10. The van der Waals surface area contributed by atoms with Gasteiger partial charge in [-0.2, -0.15) is 13.5 Å². The SMILES string of the molecule is CCOc1cc(/C=N\NC(=O)COc2cccc3cccnc23)cc(Br)c1OS(=O)(=O)c1ccc(C)cc1. The second-order valence-electron chi connectivity index (χ2n) is 8.03. The third-order valence-corrected chi connectivity index (χ3v) is 7.02. The number of ether oxygens (including phenoxy) is 2. The van der Waals surface area contributed by atoms with Gasteiger partial charge >= 0.3 is 10.1 Å². The molecule has 4 rings (SSSR count). The molecule has 11 heteroatoms. The Kier molecular flexibility index (Phi) is 8.59. The summed E-state index contributed by atoms with van der Waals surface area (Å²) in [5, 5.41) is 4.86. The minimum absolute atomic E-state index is 0.00528. The van der Waals surface area contributed by atoms with E-state index < -0.39 is 16.0 Å². The highest BCUT2D eigenvalue weighted by Gasteiger charge is 2.22. The molecule has 0 atom stereocenters. The Labute approximate surface area is 228 Å². The van der Waals surface area contributed by atoms with E-state index >= 15 is 0 Å². The van der Waals surface area contributed by atoms with Gasteiger partial charge in [-0.3, -0.25) is 9.78 Å². The van der Waals surface area contributed by atoms with Crippen LogP contribution in [-0.4, -0.2) is 38.7 Å². The molecule has 1 N–H and O–H groups in total. The van der Waals surface area contributed by atoms with Crippen molar-refractivity contribution in [3.63, 3.8) is 0 Å². The van der Waals surface area contributed by atoms with E-state index in [-0.39, 0.29) is 29.6 Å². The Hall–Kier alpha value is -3.96. The number of aromatic nitrogens is 1. The number of pyridine rings is 1. The Morgan fingerprint density at radius 2 is 1.82 bits per heavy atom. The lowest BCUT2D eigenvalue weighted by molar-refractivity contribution is -0.123. The van der Waals surface area contributed by atoms with E-state index in [0.717, 1.165) is 10.9 Å². The van der Waals surface area contributed by atoms with Crippen LogP contribution in [0.15, 0.2) is 87.4 Å². The van der Waals surface area contributed by atoms with Gasteiger partial charge in [-0.25, -0.2) is 5.43 Å². The lowest BCUT2D eigenvalue weighted by Gasteiger charge is -2.14. The summed E-state index contributed by atoms with van der Waals surface area (Å²) >= 11 is 3.35. The minimum Gasteiger partial charge on any atom is -0.490 e. The number of halogens is 1. The molecular weight excluding hydrogens is 574 g/mol. The zero-order chi connectivity index (χ0) is 27.1. The third kappa shape index (κ3) is 6.67. The molecule has 0 saturated carbocycles. The van der Waals surface area contributed by atoms with Crippen LogP contribution in [-0.2, 0) is 14.9 Å². The number of amides is 1. The van der Waals surface area contributed by atoms with Gasteiger partial charge in [0.25, 0.3) is 5.91 Å². The number of carbonyl (C=O) groups is 1. The number of hydrogen-bond acceptors (Lipinski definition) is 8. The van der Waals surface area contributed by atoms with Crippen molar-refractivity contribution in [2.45, 2.75) is 18.7 Å². The van der Waals surface area contributed by atoms with Crippen molar-refractivity contribution < 1.29 is 26.9 Å². The van der Waals surface area contributed by atoms with Gasteiger partial charge in [0, 0.05) is 11.6 Å². The summed E-state index contributed by atoms with van der Waals surface area (Å²) < 4.78 is 42.6. The minimum atomic E-state index is -4.10. The summed E-state index contributed by atoms with van der Waals surface area (Å²) in [7, 11) is -4.10. The van der Waals surface area contributed by atoms with Crippen LogP contribution >= 0.6 is 15.9 Å². The number of fused-ring (bicyclic) bond motifs is 1. The molecule has 3 aromatic carbocycles. The quantitative estimate of drug-likeness (QED) is 0.155. The number of benzene rings is 3. The predicted molar refractivity (Wildman–Crippen MR) is 147 cm³/mol. The van der Waals surface area contributed by atoms with E-state index in [1.807, 2.05) is 31.2 Å². The zero-order valence-corrected chi connectivity index (χ0v) is 23.0. The molecule has 0 spiro atoms. The number of hydrazone groups is 1. The Morgan fingerprint density at radius 1 is 1.05 bits per heavy atom.